The van der Waals surface area contributed by atoms with Gasteiger partial charge < -0.3 is 4.55 Å². The molecule has 1 aromatic carbocycles. The summed E-state index contributed by atoms with van der Waals surface area (Å²) in [4.78, 5) is 10.1. The number of nitro benzene ring substituents is 1. The SMILES string of the molecule is O=[N+]([O-])c1cccc(Cl)c1CCSS(=O)(=O)[O-].[Na+]. The van der Waals surface area contributed by atoms with E-state index < -0.39 is 14.1 Å². The minimum atomic E-state index is -4.39. The third-order valence-electron chi connectivity index (χ3n) is 1.87. The van der Waals surface area contributed by atoms with Gasteiger partial charge in [0.25, 0.3) is 5.69 Å². The van der Waals surface area contributed by atoms with E-state index in [1.54, 1.807) is 0 Å². The standard InChI is InChI=1S/C8H8ClNO5S2.Na/c9-7-2-1-3-8(10(11)12)6(7)4-5-16-17(13,14)15;/h1-3H,4-5H2,(H,13,14,15);/q;+1/p-1. The number of hydrogen-bond donors (Lipinski definition) is 0. The Labute approximate surface area is 135 Å². The molecule has 0 amide bonds. The van der Waals surface area contributed by atoms with Crippen LogP contribution in [0.3, 0.4) is 0 Å². The van der Waals surface area contributed by atoms with Gasteiger partial charge in [-0.25, -0.2) is 8.42 Å². The van der Waals surface area contributed by atoms with Crippen molar-refractivity contribution in [1.82, 2.24) is 0 Å². The first-order valence-corrected chi connectivity index (χ1v) is 7.62. The molecular weight excluding hydrogens is 313 g/mol. The van der Waals surface area contributed by atoms with Crippen molar-refractivity contribution in [3.8, 4) is 0 Å². The van der Waals surface area contributed by atoms with Gasteiger partial charge in [0.1, 0.15) is 9.15 Å². The van der Waals surface area contributed by atoms with E-state index in [1.165, 1.54) is 18.2 Å². The van der Waals surface area contributed by atoms with Crippen molar-refractivity contribution in [3.05, 3.63) is 38.9 Å². The zero-order chi connectivity index (χ0) is 13.1. The van der Waals surface area contributed by atoms with E-state index in [1.807, 2.05) is 0 Å². The van der Waals surface area contributed by atoms with E-state index in [4.69, 9.17) is 11.6 Å². The molecule has 0 spiro atoms. The minimum Gasteiger partial charge on any atom is -0.739 e. The topological polar surface area (TPSA) is 100 Å². The molecule has 18 heavy (non-hydrogen) atoms. The van der Waals surface area contributed by atoms with Crippen LogP contribution in [-0.2, 0) is 15.6 Å². The van der Waals surface area contributed by atoms with Gasteiger partial charge in [0.15, 0.2) is 0 Å². The van der Waals surface area contributed by atoms with Crippen LogP contribution in [-0.4, -0.2) is 23.6 Å². The van der Waals surface area contributed by atoms with Crippen molar-refractivity contribution in [1.29, 1.82) is 0 Å². The fraction of sp³-hybridized carbons (Fsp3) is 0.250. The molecule has 0 heterocycles. The summed E-state index contributed by atoms with van der Waals surface area (Å²) >= 11 is 5.78. The summed E-state index contributed by atoms with van der Waals surface area (Å²) in [6.45, 7) is 0. The van der Waals surface area contributed by atoms with Crippen LogP contribution in [0.4, 0.5) is 5.69 Å². The van der Waals surface area contributed by atoms with Crippen molar-refractivity contribution in [2.45, 2.75) is 6.42 Å². The van der Waals surface area contributed by atoms with Crippen molar-refractivity contribution in [2.24, 2.45) is 0 Å². The summed E-state index contributed by atoms with van der Waals surface area (Å²) in [5.74, 6) is -0.0730. The second-order valence-electron chi connectivity index (χ2n) is 2.97. The summed E-state index contributed by atoms with van der Waals surface area (Å²) in [6, 6.07) is 4.18. The molecule has 0 unspecified atom stereocenters. The van der Waals surface area contributed by atoms with Gasteiger partial charge in [-0.15, -0.1) is 0 Å². The van der Waals surface area contributed by atoms with Crippen LogP contribution < -0.4 is 29.6 Å². The average Bonchev–Trinajstić information content (AvgIpc) is 2.18. The van der Waals surface area contributed by atoms with Crippen LogP contribution >= 0.6 is 22.4 Å². The molecule has 94 valence electrons. The van der Waals surface area contributed by atoms with E-state index in [2.05, 4.69) is 0 Å². The van der Waals surface area contributed by atoms with Gasteiger partial charge in [-0.05, 0) is 23.3 Å². The normalized spacial score (nSPS) is 10.8. The Kier molecular flexibility index (Phi) is 7.76. The van der Waals surface area contributed by atoms with Gasteiger partial charge in [-0.2, -0.15) is 0 Å². The molecule has 0 atom stereocenters. The maximum absolute atomic E-state index is 10.7. The first kappa shape index (κ1) is 18.2. The molecule has 0 fully saturated rings. The number of halogens is 1. The van der Waals surface area contributed by atoms with Crippen LogP contribution in [0.15, 0.2) is 18.2 Å². The van der Waals surface area contributed by atoms with Crippen LogP contribution in [0.5, 0.6) is 0 Å². The summed E-state index contributed by atoms with van der Waals surface area (Å²) in [6.07, 6.45) is 0.0438. The monoisotopic (exact) mass is 319 g/mol. The van der Waals surface area contributed by atoms with E-state index >= 15 is 0 Å². The van der Waals surface area contributed by atoms with Crippen molar-refractivity contribution in [2.75, 3.05) is 5.75 Å². The molecule has 0 aliphatic carbocycles. The molecule has 10 heteroatoms. The molecule has 0 aromatic heterocycles. The van der Waals surface area contributed by atoms with Crippen molar-refractivity contribution in [3.63, 3.8) is 0 Å². The number of nitrogens with zero attached hydrogens (tertiary/aromatic N) is 1. The zero-order valence-electron chi connectivity index (χ0n) is 9.33. The van der Waals surface area contributed by atoms with Gasteiger partial charge in [0, 0.05) is 17.4 Å². The fourth-order valence-corrected chi connectivity index (χ4v) is 2.83. The number of nitro groups is 1. The third-order valence-corrected chi connectivity index (χ3v) is 4.25. The van der Waals surface area contributed by atoms with Gasteiger partial charge in [0.2, 0.25) is 0 Å². The number of rotatable bonds is 5. The largest absolute Gasteiger partial charge is 1.00 e. The molecule has 0 bridgehead atoms. The van der Waals surface area contributed by atoms with E-state index in [0.29, 0.717) is 0 Å². The van der Waals surface area contributed by atoms with Gasteiger partial charge in [0.05, 0.1) is 9.95 Å². The Morgan fingerprint density at radius 3 is 2.50 bits per heavy atom. The first-order chi connectivity index (χ1) is 7.81. The molecule has 0 aliphatic heterocycles. The summed E-state index contributed by atoms with van der Waals surface area (Å²) in [5, 5.41) is 10.9. The first-order valence-electron chi connectivity index (χ1n) is 4.33. The Morgan fingerprint density at radius 2 is 2.00 bits per heavy atom. The van der Waals surface area contributed by atoms with Crippen LogP contribution in [0, 0.1) is 10.1 Å². The predicted octanol–water partition coefficient (Wildman–Crippen LogP) is -1.01. The molecule has 0 aliphatic rings. The second-order valence-corrected chi connectivity index (χ2v) is 6.77. The average molecular weight is 320 g/mol. The Morgan fingerprint density at radius 1 is 1.39 bits per heavy atom. The Bertz CT molecular complexity index is 536. The fourth-order valence-electron chi connectivity index (χ4n) is 1.21. The molecular formula is C8H7ClNNaO5S2. The van der Waals surface area contributed by atoms with E-state index in [9.17, 15) is 23.1 Å². The molecule has 0 N–H and O–H groups in total. The maximum Gasteiger partial charge on any atom is 1.00 e. The summed E-state index contributed by atoms with van der Waals surface area (Å²) in [7, 11) is -4.19. The van der Waals surface area contributed by atoms with Gasteiger partial charge >= 0.3 is 29.6 Å². The number of benzene rings is 1. The van der Waals surface area contributed by atoms with Gasteiger partial charge in [-0.1, -0.05) is 17.7 Å². The van der Waals surface area contributed by atoms with Crippen molar-refractivity contribution >= 4 is 37.2 Å². The Balaban J connectivity index is 0.00000289. The van der Waals surface area contributed by atoms with E-state index in [0.717, 1.165) is 0 Å². The zero-order valence-corrected chi connectivity index (χ0v) is 13.7. The summed E-state index contributed by atoms with van der Waals surface area (Å²) < 4.78 is 31.1. The summed E-state index contributed by atoms with van der Waals surface area (Å²) in [5.41, 5.74) is 0.0525. The molecule has 1 aromatic rings. The molecule has 0 saturated heterocycles. The van der Waals surface area contributed by atoms with Gasteiger partial charge in [-0.3, -0.25) is 10.1 Å². The van der Waals surface area contributed by atoms with Crippen molar-refractivity contribution < 1.29 is 47.5 Å². The third kappa shape index (κ3) is 5.87. The molecule has 0 radical (unpaired) electrons. The number of hydrogen-bond acceptors (Lipinski definition) is 6. The molecule has 6 nitrogen and oxygen atoms in total. The predicted molar refractivity (Wildman–Crippen MR) is 64.0 cm³/mol. The van der Waals surface area contributed by atoms with E-state index in [-0.39, 0.29) is 68.8 Å². The van der Waals surface area contributed by atoms with Crippen LogP contribution in [0.25, 0.3) is 0 Å². The quantitative estimate of drug-likeness (QED) is 0.227. The Hall–Kier alpha value is 0.170. The van der Waals surface area contributed by atoms with Crippen LogP contribution in [0.1, 0.15) is 5.56 Å². The maximum atomic E-state index is 10.7. The minimum absolute atomic E-state index is 0. The molecule has 0 saturated carbocycles. The molecule has 1 rings (SSSR count). The smallest absolute Gasteiger partial charge is 0.739 e. The second kappa shape index (κ2) is 7.68. The van der Waals surface area contributed by atoms with Crippen LogP contribution in [0.2, 0.25) is 5.02 Å².